The van der Waals surface area contributed by atoms with E-state index in [0.717, 1.165) is 12.1 Å². The average Bonchev–Trinajstić information content (AvgIpc) is 3.08. The minimum absolute atomic E-state index is 0.0416. The summed E-state index contributed by atoms with van der Waals surface area (Å²) in [6, 6.07) is 6.96. The lowest BCUT2D eigenvalue weighted by Crippen LogP contribution is -2.08. The zero-order valence-electron chi connectivity index (χ0n) is 12.5. The van der Waals surface area contributed by atoms with Gasteiger partial charge >= 0.3 is 6.18 Å². The van der Waals surface area contributed by atoms with Crippen molar-refractivity contribution in [2.75, 3.05) is 10.6 Å². The van der Waals surface area contributed by atoms with Gasteiger partial charge in [-0.15, -0.1) is 5.10 Å². The lowest BCUT2D eigenvalue weighted by atomic mass is 10.2. The molecule has 0 spiro atoms. The summed E-state index contributed by atoms with van der Waals surface area (Å²) in [5, 5.41) is 12.8. The maximum Gasteiger partial charge on any atom is 0.417 e. The van der Waals surface area contributed by atoms with Crippen molar-refractivity contribution >= 4 is 29.1 Å². The molecule has 0 aliphatic rings. The number of alkyl halides is 3. The SMILES string of the molecule is FC(F)(F)c1cc(Nc2nncc(NCc3ccco3)n2)ccc1Cl. The van der Waals surface area contributed by atoms with Crippen LogP contribution in [-0.2, 0) is 12.7 Å². The third kappa shape index (κ3) is 4.38. The van der Waals surface area contributed by atoms with Crippen molar-refractivity contribution in [1.29, 1.82) is 0 Å². The Morgan fingerprint density at radius 3 is 2.76 bits per heavy atom. The summed E-state index contributed by atoms with van der Waals surface area (Å²) >= 11 is 5.59. The summed E-state index contributed by atoms with van der Waals surface area (Å²) in [4.78, 5) is 4.13. The third-order valence-corrected chi connectivity index (χ3v) is 3.44. The standard InChI is InChI=1S/C15H11ClF3N5O/c16-12-4-3-9(6-11(12)15(17,18)19)22-14-23-13(8-21-24-14)20-7-10-2-1-5-25-10/h1-6,8H,7H2,(H2,20,22,23,24). The first-order valence-electron chi connectivity index (χ1n) is 7.01. The highest BCUT2D eigenvalue weighted by atomic mass is 35.5. The van der Waals surface area contributed by atoms with Gasteiger partial charge in [0, 0.05) is 5.69 Å². The summed E-state index contributed by atoms with van der Waals surface area (Å²) in [6.45, 7) is 0.379. The maximum atomic E-state index is 12.9. The van der Waals surface area contributed by atoms with Gasteiger partial charge < -0.3 is 15.1 Å². The number of anilines is 3. The fourth-order valence-electron chi connectivity index (χ4n) is 1.98. The molecule has 0 amide bonds. The van der Waals surface area contributed by atoms with E-state index in [1.807, 2.05) is 0 Å². The molecule has 10 heteroatoms. The molecule has 0 bridgehead atoms. The molecule has 0 saturated heterocycles. The Labute approximate surface area is 145 Å². The van der Waals surface area contributed by atoms with Crippen LogP contribution in [0, 0.1) is 0 Å². The molecule has 2 aromatic heterocycles. The van der Waals surface area contributed by atoms with E-state index in [0.29, 0.717) is 18.1 Å². The van der Waals surface area contributed by atoms with E-state index in [1.54, 1.807) is 18.4 Å². The van der Waals surface area contributed by atoms with Crippen LogP contribution >= 0.6 is 11.6 Å². The first kappa shape index (κ1) is 17.0. The number of hydrogen-bond donors (Lipinski definition) is 2. The molecule has 2 N–H and O–H groups in total. The lowest BCUT2D eigenvalue weighted by molar-refractivity contribution is -0.137. The summed E-state index contributed by atoms with van der Waals surface area (Å²) in [5.41, 5.74) is -0.805. The molecule has 3 rings (SSSR count). The predicted octanol–water partition coefficient (Wildman–Crippen LogP) is 4.49. The number of furan rings is 1. The molecule has 0 unspecified atom stereocenters. The van der Waals surface area contributed by atoms with Crippen molar-refractivity contribution in [2.24, 2.45) is 0 Å². The van der Waals surface area contributed by atoms with Gasteiger partial charge in [0.25, 0.3) is 0 Å². The predicted molar refractivity (Wildman–Crippen MR) is 85.6 cm³/mol. The zero-order chi connectivity index (χ0) is 17.9. The normalized spacial score (nSPS) is 11.4. The van der Waals surface area contributed by atoms with Crippen molar-refractivity contribution in [2.45, 2.75) is 12.7 Å². The Hall–Kier alpha value is -2.81. The molecule has 0 atom stereocenters. The van der Waals surface area contributed by atoms with Gasteiger partial charge in [-0.25, -0.2) is 0 Å². The van der Waals surface area contributed by atoms with Crippen LogP contribution < -0.4 is 10.6 Å². The second kappa shape index (κ2) is 6.98. The van der Waals surface area contributed by atoms with E-state index in [1.165, 1.54) is 12.3 Å². The number of nitrogens with one attached hydrogen (secondary N) is 2. The number of nitrogens with zero attached hydrogens (tertiary/aromatic N) is 3. The highest BCUT2D eigenvalue weighted by molar-refractivity contribution is 6.31. The number of rotatable bonds is 5. The zero-order valence-corrected chi connectivity index (χ0v) is 13.3. The van der Waals surface area contributed by atoms with Crippen LogP contribution in [0.3, 0.4) is 0 Å². The molecule has 130 valence electrons. The molecule has 1 aromatic carbocycles. The largest absolute Gasteiger partial charge is 0.467 e. The van der Waals surface area contributed by atoms with Gasteiger partial charge in [0.1, 0.15) is 5.76 Å². The molecule has 25 heavy (non-hydrogen) atoms. The highest BCUT2D eigenvalue weighted by Crippen LogP contribution is 2.36. The van der Waals surface area contributed by atoms with Gasteiger partial charge in [-0.05, 0) is 30.3 Å². The van der Waals surface area contributed by atoms with Crippen LogP contribution in [-0.4, -0.2) is 15.2 Å². The Kier molecular flexibility index (Phi) is 4.75. The van der Waals surface area contributed by atoms with E-state index in [2.05, 4.69) is 25.8 Å². The van der Waals surface area contributed by atoms with Gasteiger partial charge in [0.2, 0.25) is 5.95 Å². The van der Waals surface area contributed by atoms with Crippen molar-refractivity contribution < 1.29 is 17.6 Å². The first-order chi connectivity index (χ1) is 11.9. The Bertz CT molecular complexity index is 855. The van der Waals surface area contributed by atoms with Gasteiger partial charge in [-0.2, -0.15) is 23.3 Å². The molecule has 0 fully saturated rings. The number of hydrogen-bond acceptors (Lipinski definition) is 6. The quantitative estimate of drug-likeness (QED) is 0.690. The number of halogens is 4. The Morgan fingerprint density at radius 1 is 1.20 bits per heavy atom. The third-order valence-electron chi connectivity index (χ3n) is 3.11. The van der Waals surface area contributed by atoms with E-state index >= 15 is 0 Å². The minimum Gasteiger partial charge on any atom is -0.467 e. The van der Waals surface area contributed by atoms with E-state index in [4.69, 9.17) is 16.0 Å². The van der Waals surface area contributed by atoms with Gasteiger partial charge in [0.15, 0.2) is 5.82 Å². The van der Waals surface area contributed by atoms with Gasteiger partial charge in [0.05, 0.1) is 29.6 Å². The van der Waals surface area contributed by atoms with Crippen molar-refractivity contribution in [3.05, 3.63) is 59.1 Å². The average molecular weight is 370 g/mol. The van der Waals surface area contributed by atoms with Crippen LogP contribution in [0.1, 0.15) is 11.3 Å². The molecule has 0 aliphatic carbocycles. The Balaban J connectivity index is 1.74. The summed E-state index contributed by atoms with van der Waals surface area (Å²) < 4.78 is 43.9. The monoisotopic (exact) mass is 369 g/mol. The highest BCUT2D eigenvalue weighted by Gasteiger charge is 2.33. The summed E-state index contributed by atoms with van der Waals surface area (Å²) in [6.07, 6.45) is -1.63. The molecular weight excluding hydrogens is 359 g/mol. The molecule has 0 aliphatic heterocycles. The van der Waals surface area contributed by atoms with E-state index in [-0.39, 0.29) is 16.7 Å². The summed E-state index contributed by atoms with van der Waals surface area (Å²) in [7, 11) is 0. The maximum absolute atomic E-state index is 12.9. The minimum atomic E-state index is -4.56. The topological polar surface area (TPSA) is 75.9 Å². The lowest BCUT2D eigenvalue weighted by Gasteiger charge is -2.12. The number of aromatic nitrogens is 3. The number of benzene rings is 1. The molecule has 3 aromatic rings. The molecule has 2 heterocycles. The first-order valence-corrected chi connectivity index (χ1v) is 7.39. The van der Waals surface area contributed by atoms with Crippen LogP contribution in [0.4, 0.5) is 30.6 Å². The van der Waals surface area contributed by atoms with Crippen LogP contribution in [0.5, 0.6) is 0 Å². The molecule has 6 nitrogen and oxygen atoms in total. The smallest absolute Gasteiger partial charge is 0.417 e. The fraction of sp³-hybridized carbons (Fsp3) is 0.133. The van der Waals surface area contributed by atoms with Gasteiger partial charge in [-0.3, -0.25) is 0 Å². The van der Waals surface area contributed by atoms with Crippen molar-refractivity contribution in [1.82, 2.24) is 15.2 Å². The van der Waals surface area contributed by atoms with Gasteiger partial charge in [-0.1, -0.05) is 11.6 Å². The molecule has 0 saturated carbocycles. The van der Waals surface area contributed by atoms with Crippen molar-refractivity contribution in [3.63, 3.8) is 0 Å². The van der Waals surface area contributed by atoms with Crippen LogP contribution in [0.25, 0.3) is 0 Å². The second-order valence-electron chi connectivity index (χ2n) is 4.92. The Morgan fingerprint density at radius 2 is 2.04 bits per heavy atom. The summed E-state index contributed by atoms with van der Waals surface area (Å²) in [5.74, 6) is 1.12. The van der Waals surface area contributed by atoms with Crippen LogP contribution in [0.15, 0.2) is 47.2 Å². The second-order valence-corrected chi connectivity index (χ2v) is 5.32. The van der Waals surface area contributed by atoms with Crippen LogP contribution in [0.2, 0.25) is 5.02 Å². The molecular formula is C15H11ClF3N5O. The molecule has 0 radical (unpaired) electrons. The van der Waals surface area contributed by atoms with E-state index < -0.39 is 11.7 Å². The fourth-order valence-corrected chi connectivity index (χ4v) is 2.21. The van der Waals surface area contributed by atoms with Crippen molar-refractivity contribution in [3.8, 4) is 0 Å². The van der Waals surface area contributed by atoms with E-state index in [9.17, 15) is 13.2 Å².